The molecular weight excluding hydrogens is 386 g/mol. The number of nitrogens with zero attached hydrogens (tertiary/aromatic N) is 1. The molecule has 1 atom stereocenters. The van der Waals surface area contributed by atoms with Crippen molar-refractivity contribution in [2.24, 2.45) is 5.41 Å². The van der Waals surface area contributed by atoms with Crippen LogP contribution in [-0.4, -0.2) is 18.3 Å². The van der Waals surface area contributed by atoms with Crippen LogP contribution in [0.25, 0.3) is 0 Å². The number of carbonyl (C=O) groups is 2. The van der Waals surface area contributed by atoms with E-state index in [0.717, 1.165) is 39.4 Å². The van der Waals surface area contributed by atoms with Crippen molar-refractivity contribution in [2.75, 3.05) is 11.5 Å². The lowest BCUT2D eigenvalue weighted by Crippen LogP contribution is -2.44. The van der Waals surface area contributed by atoms with Crippen LogP contribution in [0.15, 0.2) is 53.7 Å². The van der Waals surface area contributed by atoms with Gasteiger partial charge in [-0.05, 0) is 55.9 Å². The van der Waals surface area contributed by atoms with Gasteiger partial charge in [-0.25, -0.2) is 0 Å². The van der Waals surface area contributed by atoms with E-state index < -0.39 is 0 Å². The zero-order chi connectivity index (χ0) is 22.3. The number of aryl methyl sites for hydroxylation is 2. The second kappa shape index (κ2) is 7.99. The van der Waals surface area contributed by atoms with E-state index in [-0.39, 0.29) is 29.4 Å². The molecule has 0 radical (unpaired) electrons. The number of rotatable bonds is 4. The summed E-state index contributed by atoms with van der Waals surface area (Å²) in [5, 5.41) is 0. The molecule has 0 fully saturated rings. The molecule has 0 spiro atoms. The van der Waals surface area contributed by atoms with Gasteiger partial charge in [0.25, 0.3) is 0 Å². The Morgan fingerprint density at radius 2 is 1.81 bits per heavy atom. The van der Waals surface area contributed by atoms with E-state index in [9.17, 15) is 9.59 Å². The highest BCUT2D eigenvalue weighted by molar-refractivity contribution is 6.08. The second-order valence-electron chi connectivity index (χ2n) is 9.55. The molecule has 0 aromatic heterocycles. The Labute approximate surface area is 184 Å². The lowest BCUT2D eigenvalue weighted by Gasteiger charge is -2.43. The minimum atomic E-state index is -0.268. The summed E-state index contributed by atoms with van der Waals surface area (Å²) in [6.45, 7) is 10.8. The van der Waals surface area contributed by atoms with Crippen LogP contribution in [0.1, 0.15) is 62.6 Å². The Morgan fingerprint density at radius 3 is 2.55 bits per heavy atom. The van der Waals surface area contributed by atoms with E-state index >= 15 is 0 Å². The third-order valence-corrected chi connectivity index (χ3v) is 6.34. The first-order valence-electron chi connectivity index (χ1n) is 11.1. The van der Waals surface area contributed by atoms with Crippen LogP contribution in [-0.2, 0) is 9.59 Å². The molecule has 1 unspecified atom stereocenters. The number of para-hydroxylation sites is 1. The molecule has 4 rings (SSSR count). The van der Waals surface area contributed by atoms with Crippen LogP contribution in [0, 0.1) is 19.3 Å². The molecule has 1 heterocycles. The van der Waals surface area contributed by atoms with E-state index in [0.29, 0.717) is 19.4 Å². The van der Waals surface area contributed by atoms with Crippen molar-refractivity contribution in [3.8, 4) is 5.75 Å². The van der Waals surface area contributed by atoms with E-state index in [1.54, 1.807) is 0 Å². The highest BCUT2D eigenvalue weighted by atomic mass is 16.5. The fourth-order valence-electron chi connectivity index (χ4n) is 4.98. The molecule has 31 heavy (non-hydrogen) atoms. The van der Waals surface area contributed by atoms with E-state index in [1.165, 1.54) is 0 Å². The first-order chi connectivity index (χ1) is 14.7. The van der Waals surface area contributed by atoms with Gasteiger partial charge in [0.2, 0.25) is 5.91 Å². The number of Topliss-reactive ketones (excluding diaryl/α,β-unsaturated/α-hetero) is 1. The molecule has 1 aliphatic heterocycles. The number of amides is 1. The number of hydrogen-bond donors (Lipinski definition) is 0. The maximum atomic E-state index is 13.6. The monoisotopic (exact) mass is 417 g/mol. The van der Waals surface area contributed by atoms with Crippen LogP contribution < -0.4 is 9.64 Å². The normalized spacial score (nSPS) is 20.7. The van der Waals surface area contributed by atoms with Crippen molar-refractivity contribution in [3.05, 3.63) is 70.4 Å². The van der Waals surface area contributed by atoms with Gasteiger partial charge in [-0.1, -0.05) is 44.2 Å². The summed E-state index contributed by atoms with van der Waals surface area (Å²) in [5.41, 5.74) is 5.41. The Kier molecular flexibility index (Phi) is 5.50. The molecule has 0 saturated carbocycles. The highest BCUT2D eigenvalue weighted by Crippen LogP contribution is 2.49. The fraction of sp³-hybridized carbons (Fsp3) is 0.407. The number of anilines is 1. The average molecular weight is 418 g/mol. The first kappa shape index (κ1) is 21.4. The van der Waals surface area contributed by atoms with Crippen molar-refractivity contribution < 1.29 is 14.3 Å². The van der Waals surface area contributed by atoms with Gasteiger partial charge in [0.05, 0.1) is 12.3 Å². The number of benzene rings is 2. The Balaban J connectivity index is 1.94. The van der Waals surface area contributed by atoms with Gasteiger partial charge in [0, 0.05) is 35.6 Å². The number of allylic oxidation sites excluding steroid dienone is 2. The smallest absolute Gasteiger partial charge is 0.232 e. The van der Waals surface area contributed by atoms with Gasteiger partial charge in [0.15, 0.2) is 5.78 Å². The third kappa shape index (κ3) is 3.91. The van der Waals surface area contributed by atoms with Gasteiger partial charge in [-0.15, -0.1) is 0 Å². The molecule has 4 heteroatoms. The number of hydrogen-bond acceptors (Lipinski definition) is 3. The summed E-state index contributed by atoms with van der Waals surface area (Å²) >= 11 is 0. The Hall–Kier alpha value is -2.88. The van der Waals surface area contributed by atoms with Crippen molar-refractivity contribution >= 4 is 17.4 Å². The van der Waals surface area contributed by atoms with Crippen molar-refractivity contribution in [1.29, 1.82) is 0 Å². The van der Waals surface area contributed by atoms with Gasteiger partial charge in [0.1, 0.15) is 5.75 Å². The van der Waals surface area contributed by atoms with Crippen molar-refractivity contribution in [1.82, 2.24) is 0 Å². The van der Waals surface area contributed by atoms with E-state index in [4.69, 9.17) is 4.74 Å². The Bertz CT molecular complexity index is 1080. The van der Waals surface area contributed by atoms with Crippen molar-refractivity contribution in [3.63, 3.8) is 0 Å². The topological polar surface area (TPSA) is 46.6 Å². The molecular formula is C27H31NO3. The molecule has 0 bridgehead atoms. The number of ether oxygens (including phenoxy) is 1. The molecule has 4 nitrogen and oxygen atoms in total. The molecule has 1 amide bonds. The average Bonchev–Trinajstić information content (AvgIpc) is 2.69. The van der Waals surface area contributed by atoms with Gasteiger partial charge in [-0.3, -0.25) is 14.5 Å². The summed E-state index contributed by atoms with van der Waals surface area (Å²) in [6, 6.07) is 14.0. The maximum absolute atomic E-state index is 13.6. The zero-order valence-electron chi connectivity index (χ0n) is 19.1. The minimum absolute atomic E-state index is 0.0363. The number of carbonyl (C=O) groups excluding carboxylic acids is 2. The third-order valence-electron chi connectivity index (χ3n) is 6.34. The van der Waals surface area contributed by atoms with Crippen molar-refractivity contribution in [2.45, 2.75) is 59.8 Å². The van der Waals surface area contributed by atoms with Crippen LogP contribution in [0.4, 0.5) is 5.69 Å². The van der Waals surface area contributed by atoms with E-state index in [2.05, 4.69) is 26.0 Å². The molecule has 2 aliphatic rings. The second-order valence-corrected chi connectivity index (χ2v) is 9.55. The minimum Gasteiger partial charge on any atom is -0.494 e. The predicted molar refractivity (Wildman–Crippen MR) is 123 cm³/mol. The lowest BCUT2D eigenvalue weighted by molar-refractivity contribution is -0.121. The van der Waals surface area contributed by atoms with Gasteiger partial charge >= 0.3 is 0 Å². The summed E-state index contributed by atoms with van der Waals surface area (Å²) in [6.07, 6.45) is 1.46. The zero-order valence-corrected chi connectivity index (χ0v) is 19.1. The first-order valence-corrected chi connectivity index (χ1v) is 11.1. The van der Waals surface area contributed by atoms with Crippen LogP contribution >= 0.6 is 0 Å². The van der Waals surface area contributed by atoms with Crippen LogP contribution in [0.3, 0.4) is 0 Å². The summed E-state index contributed by atoms with van der Waals surface area (Å²) in [4.78, 5) is 28.9. The maximum Gasteiger partial charge on any atom is 0.232 e. The predicted octanol–water partition coefficient (Wildman–Crippen LogP) is 5.87. The fourth-order valence-corrected chi connectivity index (χ4v) is 4.98. The van der Waals surface area contributed by atoms with Gasteiger partial charge in [-0.2, -0.15) is 0 Å². The van der Waals surface area contributed by atoms with E-state index in [1.807, 2.05) is 56.0 Å². The van der Waals surface area contributed by atoms with Crippen LogP contribution in [0.5, 0.6) is 5.75 Å². The SMILES string of the molecule is CCOc1ccccc1C1CC(=O)N(c2cc(C)ccc2C)C2=C1C(=O)CC(C)(C)C2. The van der Waals surface area contributed by atoms with Crippen LogP contribution in [0.2, 0.25) is 0 Å². The largest absolute Gasteiger partial charge is 0.494 e. The molecule has 162 valence electrons. The molecule has 0 N–H and O–H groups in total. The molecule has 1 aliphatic carbocycles. The summed E-state index contributed by atoms with van der Waals surface area (Å²) in [7, 11) is 0. The highest BCUT2D eigenvalue weighted by Gasteiger charge is 2.45. The standard InChI is InChI=1S/C27H31NO3/c1-6-31-24-10-8-7-9-19(24)20-14-25(30)28(21-13-17(2)11-12-18(21)3)22-15-27(4,5)16-23(29)26(20)22/h7-13,20H,6,14-16H2,1-5H3. The molecule has 0 saturated heterocycles. The number of ketones is 1. The summed E-state index contributed by atoms with van der Waals surface area (Å²) < 4.78 is 5.87. The van der Waals surface area contributed by atoms with Gasteiger partial charge < -0.3 is 4.74 Å². The lowest BCUT2D eigenvalue weighted by atomic mass is 9.69. The molecule has 2 aromatic carbocycles. The quantitative estimate of drug-likeness (QED) is 0.625. The Morgan fingerprint density at radius 1 is 1.06 bits per heavy atom. The summed E-state index contributed by atoms with van der Waals surface area (Å²) in [5.74, 6) is 0.669. The molecule has 2 aromatic rings.